The van der Waals surface area contributed by atoms with E-state index >= 15 is 0 Å². The minimum Gasteiger partial charge on any atom is -0.322 e. The largest absolute Gasteiger partial charge is 0.322 e. The minimum absolute atomic E-state index is 0.240. The maximum Gasteiger partial charge on any atom is 0.267 e. The van der Waals surface area contributed by atoms with E-state index in [9.17, 15) is 17.6 Å². The normalized spacial score (nSPS) is 11.6. The zero-order chi connectivity index (χ0) is 22.3. The highest BCUT2D eigenvalue weighted by Crippen LogP contribution is 2.36. The third-order valence-electron chi connectivity index (χ3n) is 4.55. The number of thiophene rings is 1. The summed E-state index contributed by atoms with van der Waals surface area (Å²) in [6, 6.07) is 9.40. The molecule has 160 valence electrons. The van der Waals surface area contributed by atoms with Gasteiger partial charge in [0.15, 0.2) is 0 Å². The highest BCUT2D eigenvalue weighted by Gasteiger charge is 2.22. The zero-order valence-electron chi connectivity index (χ0n) is 16.9. The van der Waals surface area contributed by atoms with Crippen molar-refractivity contribution in [1.29, 1.82) is 0 Å². The first-order valence-electron chi connectivity index (χ1n) is 9.25. The second-order valence-electron chi connectivity index (χ2n) is 7.15. The van der Waals surface area contributed by atoms with Gasteiger partial charge in [-0.15, -0.1) is 11.3 Å². The molecule has 2 N–H and O–H groups in total. The van der Waals surface area contributed by atoms with Crippen LogP contribution in [0.15, 0.2) is 48.8 Å². The molecule has 0 saturated carbocycles. The molecule has 3 heterocycles. The van der Waals surface area contributed by atoms with Gasteiger partial charge >= 0.3 is 0 Å². The Morgan fingerprint density at radius 1 is 1.16 bits per heavy atom. The molecule has 0 spiro atoms. The van der Waals surface area contributed by atoms with Gasteiger partial charge < -0.3 is 9.88 Å². The van der Waals surface area contributed by atoms with Gasteiger partial charge in [-0.05, 0) is 55.8 Å². The number of aromatic nitrogens is 2. The lowest BCUT2D eigenvalue weighted by Crippen LogP contribution is -2.14. The van der Waals surface area contributed by atoms with Crippen LogP contribution in [0.5, 0.6) is 0 Å². The summed E-state index contributed by atoms with van der Waals surface area (Å²) in [6.07, 6.45) is 4.63. The number of aryl methyl sites for hydroxylation is 2. The molecule has 0 atom stereocenters. The first kappa shape index (κ1) is 21.0. The lowest BCUT2D eigenvalue weighted by Gasteiger charge is -2.11. The predicted molar refractivity (Wildman–Crippen MR) is 121 cm³/mol. The highest BCUT2D eigenvalue weighted by atomic mass is 32.2. The molecular formula is C21H19FN4O3S2. The Kier molecular flexibility index (Phi) is 5.28. The summed E-state index contributed by atoms with van der Waals surface area (Å²) in [6.45, 7) is 3.87. The van der Waals surface area contributed by atoms with Crippen LogP contribution in [0.2, 0.25) is 0 Å². The van der Waals surface area contributed by atoms with Gasteiger partial charge in [0.1, 0.15) is 15.5 Å². The molecule has 4 rings (SSSR count). The highest BCUT2D eigenvalue weighted by molar-refractivity contribution is 7.92. The van der Waals surface area contributed by atoms with Crippen LogP contribution in [0.3, 0.4) is 0 Å². The van der Waals surface area contributed by atoms with Crippen molar-refractivity contribution in [1.82, 2.24) is 9.55 Å². The van der Waals surface area contributed by atoms with E-state index < -0.39 is 21.7 Å². The molecule has 1 amide bonds. The number of fused-ring (bicyclic) bond motifs is 1. The first-order valence-corrected chi connectivity index (χ1v) is 12.0. The van der Waals surface area contributed by atoms with Crippen molar-refractivity contribution in [3.05, 3.63) is 70.7 Å². The summed E-state index contributed by atoms with van der Waals surface area (Å²) < 4.78 is 40.9. The number of carbonyl (C=O) groups is 1. The quantitative estimate of drug-likeness (QED) is 0.462. The van der Waals surface area contributed by atoms with Crippen molar-refractivity contribution in [2.45, 2.75) is 13.8 Å². The SMILES string of the molecule is Cc1cc(C)c2c(-n3cccc3)c(C(=O)Nc3ccc(F)c(NS(C)(=O)=O)c3)sc2n1. The van der Waals surface area contributed by atoms with Crippen LogP contribution in [-0.2, 0) is 10.0 Å². The molecule has 0 saturated heterocycles. The van der Waals surface area contributed by atoms with Crippen LogP contribution < -0.4 is 10.0 Å². The number of anilines is 2. The molecular weight excluding hydrogens is 439 g/mol. The maximum absolute atomic E-state index is 14.0. The lowest BCUT2D eigenvalue weighted by atomic mass is 10.1. The number of benzene rings is 1. The molecule has 0 aliphatic heterocycles. The van der Waals surface area contributed by atoms with Crippen LogP contribution in [0, 0.1) is 19.7 Å². The number of nitrogens with zero attached hydrogens (tertiary/aromatic N) is 2. The fourth-order valence-corrected chi connectivity index (χ4v) is 5.12. The molecule has 4 aromatic rings. The van der Waals surface area contributed by atoms with E-state index in [1.54, 1.807) is 0 Å². The number of amides is 1. The molecule has 1 aromatic carbocycles. The smallest absolute Gasteiger partial charge is 0.267 e. The fraction of sp³-hybridized carbons (Fsp3) is 0.143. The van der Waals surface area contributed by atoms with Crippen LogP contribution in [0.1, 0.15) is 20.9 Å². The molecule has 10 heteroatoms. The molecule has 31 heavy (non-hydrogen) atoms. The van der Waals surface area contributed by atoms with Crippen LogP contribution >= 0.6 is 11.3 Å². The number of halogens is 1. The molecule has 0 aliphatic carbocycles. The first-order chi connectivity index (χ1) is 14.6. The van der Waals surface area contributed by atoms with Crippen LogP contribution in [0.25, 0.3) is 15.9 Å². The average molecular weight is 459 g/mol. The van der Waals surface area contributed by atoms with Gasteiger partial charge in [0.2, 0.25) is 10.0 Å². The second-order valence-corrected chi connectivity index (χ2v) is 9.90. The molecule has 0 unspecified atom stereocenters. The van der Waals surface area contributed by atoms with Crippen molar-refractivity contribution in [2.24, 2.45) is 0 Å². The molecule has 0 fully saturated rings. The Morgan fingerprint density at radius 2 is 1.87 bits per heavy atom. The molecule has 0 radical (unpaired) electrons. The molecule has 0 aliphatic rings. The average Bonchev–Trinajstić information content (AvgIpc) is 3.30. The summed E-state index contributed by atoms with van der Waals surface area (Å²) in [5, 5.41) is 3.62. The lowest BCUT2D eigenvalue weighted by molar-refractivity contribution is 0.103. The van der Waals surface area contributed by atoms with Crippen molar-refractivity contribution in [3.63, 3.8) is 0 Å². The van der Waals surface area contributed by atoms with E-state index in [2.05, 4.69) is 15.0 Å². The number of carbonyl (C=O) groups excluding carboxylic acids is 1. The number of sulfonamides is 1. The minimum atomic E-state index is -3.67. The number of nitrogens with one attached hydrogen (secondary N) is 2. The van der Waals surface area contributed by atoms with Gasteiger partial charge in [-0.2, -0.15) is 0 Å². The molecule has 3 aromatic heterocycles. The Labute approximate surface area is 182 Å². The monoisotopic (exact) mass is 458 g/mol. The van der Waals surface area contributed by atoms with Gasteiger partial charge in [-0.1, -0.05) is 0 Å². The summed E-state index contributed by atoms with van der Waals surface area (Å²) in [5.74, 6) is -1.14. The van der Waals surface area contributed by atoms with Crippen molar-refractivity contribution < 1.29 is 17.6 Å². The van der Waals surface area contributed by atoms with Crippen molar-refractivity contribution in [3.8, 4) is 5.69 Å². The van der Waals surface area contributed by atoms with E-state index in [1.165, 1.54) is 23.5 Å². The molecule has 0 bridgehead atoms. The summed E-state index contributed by atoms with van der Waals surface area (Å²) in [4.78, 5) is 19.0. The number of hydrogen-bond acceptors (Lipinski definition) is 5. The van der Waals surface area contributed by atoms with Gasteiger partial charge in [0.05, 0.1) is 17.6 Å². The Hall–Kier alpha value is -3.24. The summed E-state index contributed by atoms with van der Waals surface area (Å²) in [5.41, 5.74) is 2.59. The third-order valence-corrected chi connectivity index (χ3v) is 6.21. The molecule has 7 nitrogen and oxygen atoms in total. The van der Waals surface area contributed by atoms with E-state index in [0.29, 0.717) is 10.6 Å². The Balaban J connectivity index is 1.78. The maximum atomic E-state index is 14.0. The van der Waals surface area contributed by atoms with Gasteiger partial charge in [-0.3, -0.25) is 9.52 Å². The van der Waals surface area contributed by atoms with E-state index in [1.807, 2.05) is 49.0 Å². The van der Waals surface area contributed by atoms with E-state index in [-0.39, 0.29) is 11.4 Å². The van der Waals surface area contributed by atoms with Crippen LogP contribution in [-0.4, -0.2) is 30.1 Å². The Morgan fingerprint density at radius 3 is 2.55 bits per heavy atom. The van der Waals surface area contributed by atoms with E-state index in [4.69, 9.17) is 0 Å². The summed E-state index contributed by atoms with van der Waals surface area (Å²) in [7, 11) is -3.67. The van der Waals surface area contributed by atoms with Crippen molar-refractivity contribution in [2.75, 3.05) is 16.3 Å². The predicted octanol–water partition coefficient (Wildman–Crippen LogP) is 4.47. The van der Waals surface area contributed by atoms with Gasteiger partial charge in [0.25, 0.3) is 5.91 Å². The topological polar surface area (TPSA) is 93.1 Å². The summed E-state index contributed by atoms with van der Waals surface area (Å²) >= 11 is 1.27. The zero-order valence-corrected chi connectivity index (χ0v) is 18.6. The standard InChI is InChI=1S/C21H19FN4O3S2/c1-12-10-13(2)23-21-17(12)18(26-8-4-5-9-26)19(30-21)20(27)24-14-6-7-15(22)16(11-14)25-31(3,28)29/h4-11,25H,1-3H3,(H,24,27). The van der Waals surface area contributed by atoms with E-state index in [0.717, 1.165) is 33.8 Å². The van der Waals surface area contributed by atoms with Crippen molar-refractivity contribution >= 4 is 48.9 Å². The second kappa shape index (κ2) is 7.78. The number of rotatable bonds is 5. The third kappa shape index (κ3) is 4.30. The number of pyridine rings is 1. The van der Waals surface area contributed by atoms with Gasteiger partial charge in [-0.25, -0.2) is 17.8 Å². The Bertz CT molecular complexity index is 1410. The van der Waals surface area contributed by atoms with Crippen LogP contribution in [0.4, 0.5) is 15.8 Å². The fourth-order valence-electron chi connectivity index (χ4n) is 3.38. The van der Waals surface area contributed by atoms with Gasteiger partial charge in [0, 0.05) is 29.2 Å². The number of hydrogen-bond donors (Lipinski definition) is 2.